The Labute approximate surface area is 135 Å². The topological polar surface area (TPSA) is 50.4 Å². The molecular weight excluding hydrogens is 332 g/mol. The highest BCUT2D eigenvalue weighted by Crippen LogP contribution is 2.28. The number of rotatable bonds is 8. The molecule has 1 amide bonds. The standard InChI is InChI=1S/C16H25BrN2O2/c1-5-8-18-12(4)14-9-13(17)6-7-15(14)21-10-16(20)19-11(2)3/h6-7,9,11-12,18H,5,8,10H2,1-4H3,(H,19,20). The molecule has 2 N–H and O–H groups in total. The maximum absolute atomic E-state index is 11.7. The molecule has 5 heteroatoms. The van der Waals surface area contributed by atoms with Crippen LogP contribution in [0.2, 0.25) is 0 Å². The van der Waals surface area contributed by atoms with Crippen molar-refractivity contribution in [3.05, 3.63) is 28.2 Å². The Morgan fingerprint density at radius 1 is 1.33 bits per heavy atom. The molecule has 0 aromatic heterocycles. The predicted molar refractivity (Wildman–Crippen MR) is 89.6 cm³/mol. The Kier molecular flexibility index (Phi) is 7.75. The van der Waals surface area contributed by atoms with Crippen LogP contribution in [0.25, 0.3) is 0 Å². The Balaban J connectivity index is 2.74. The molecule has 0 saturated carbocycles. The third-order valence-corrected chi connectivity index (χ3v) is 3.44. The average molecular weight is 357 g/mol. The van der Waals surface area contributed by atoms with Gasteiger partial charge < -0.3 is 15.4 Å². The summed E-state index contributed by atoms with van der Waals surface area (Å²) in [7, 11) is 0. The number of hydrogen-bond donors (Lipinski definition) is 2. The van der Waals surface area contributed by atoms with Gasteiger partial charge in [0.05, 0.1) is 0 Å². The molecule has 0 radical (unpaired) electrons. The first-order valence-electron chi connectivity index (χ1n) is 7.39. The van der Waals surface area contributed by atoms with Gasteiger partial charge in [-0.2, -0.15) is 0 Å². The second-order valence-corrected chi connectivity index (χ2v) is 6.28. The van der Waals surface area contributed by atoms with Crippen LogP contribution in [0, 0.1) is 0 Å². The molecule has 0 aliphatic heterocycles. The smallest absolute Gasteiger partial charge is 0.258 e. The van der Waals surface area contributed by atoms with E-state index in [1.807, 2.05) is 32.0 Å². The minimum absolute atomic E-state index is 0.0350. The number of amides is 1. The first-order valence-corrected chi connectivity index (χ1v) is 8.18. The molecule has 1 aromatic rings. The number of ether oxygens (including phenoxy) is 1. The van der Waals surface area contributed by atoms with E-state index >= 15 is 0 Å². The molecule has 0 aliphatic rings. The number of benzene rings is 1. The minimum Gasteiger partial charge on any atom is -0.483 e. The highest BCUT2D eigenvalue weighted by Gasteiger charge is 2.13. The van der Waals surface area contributed by atoms with E-state index in [1.165, 1.54) is 0 Å². The molecule has 1 rings (SSSR count). The van der Waals surface area contributed by atoms with Gasteiger partial charge in [0.2, 0.25) is 0 Å². The minimum atomic E-state index is -0.104. The van der Waals surface area contributed by atoms with Gasteiger partial charge >= 0.3 is 0 Å². The zero-order valence-corrected chi connectivity index (χ0v) is 14.8. The van der Waals surface area contributed by atoms with Crippen molar-refractivity contribution in [3.8, 4) is 5.75 Å². The second kappa shape index (κ2) is 9.05. The van der Waals surface area contributed by atoms with Crippen molar-refractivity contribution < 1.29 is 9.53 Å². The summed E-state index contributed by atoms with van der Waals surface area (Å²) >= 11 is 3.48. The lowest BCUT2D eigenvalue weighted by molar-refractivity contribution is -0.123. The Hall–Kier alpha value is -1.07. The van der Waals surface area contributed by atoms with E-state index in [0.29, 0.717) is 0 Å². The van der Waals surface area contributed by atoms with Gasteiger partial charge in [0.25, 0.3) is 5.91 Å². The molecule has 1 atom stereocenters. The van der Waals surface area contributed by atoms with Crippen molar-refractivity contribution in [1.29, 1.82) is 0 Å². The van der Waals surface area contributed by atoms with Gasteiger partial charge in [0.15, 0.2) is 6.61 Å². The zero-order valence-electron chi connectivity index (χ0n) is 13.2. The largest absolute Gasteiger partial charge is 0.483 e. The van der Waals surface area contributed by atoms with Gasteiger partial charge in [-0.3, -0.25) is 4.79 Å². The normalized spacial score (nSPS) is 12.3. The van der Waals surface area contributed by atoms with Crippen molar-refractivity contribution >= 4 is 21.8 Å². The first-order chi connectivity index (χ1) is 9.93. The number of halogens is 1. The van der Waals surface area contributed by atoms with Crippen LogP contribution in [0.3, 0.4) is 0 Å². The van der Waals surface area contributed by atoms with Crippen LogP contribution in [0.4, 0.5) is 0 Å². The number of carbonyl (C=O) groups excluding carboxylic acids is 1. The van der Waals surface area contributed by atoms with Gasteiger partial charge in [0.1, 0.15) is 5.75 Å². The van der Waals surface area contributed by atoms with Crippen LogP contribution in [-0.2, 0) is 4.79 Å². The maximum Gasteiger partial charge on any atom is 0.258 e. The van der Waals surface area contributed by atoms with Gasteiger partial charge in [-0.15, -0.1) is 0 Å². The molecule has 0 aliphatic carbocycles. The molecule has 118 valence electrons. The molecule has 0 fully saturated rings. The van der Waals surface area contributed by atoms with Gasteiger partial charge in [0, 0.05) is 22.1 Å². The highest BCUT2D eigenvalue weighted by molar-refractivity contribution is 9.10. The van der Waals surface area contributed by atoms with Crippen LogP contribution in [-0.4, -0.2) is 25.1 Å². The summed E-state index contributed by atoms with van der Waals surface area (Å²) in [6.07, 6.45) is 1.07. The van der Waals surface area contributed by atoms with Crippen molar-refractivity contribution in [3.63, 3.8) is 0 Å². The predicted octanol–water partition coefficient (Wildman–Crippen LogP) is 3.41. The molecule has 1 aromatic carbocycles. The Bertz CT molecular complexity index is 464. The first kappa shape index (κ1) is 18.0. The monoisotopic (exact) mass is 356 g/mol. The molecule has 0 spiro atoms. The van der Waals surface area contributed by atoms with E-state index < -0.39 is 0 Å². The van der Waals surface area contributed by atoms with Gasteiger partial charge in [-0.1, -0.05) is 22.9 Å². The SMILES string of the molecule is CCCNC(C)c1cc(Br)ccc1OCC(=O)NC(C)C. The van der Waals surface area contributed by atoms with Crippen LogP contribution in [0.1, 0.15) is 45.7 Å². The third-order valence-electron chi connectivity index (χ3n) is 2.95. The van der Waals surface area contributed by atoms with Gasteiger partial charge in [-0.25, -0.2) is 0 Å². The van der Waals surface area contributed by atoms with Crippen molar-refractivity contribution in [1.82, 2.24) is 10.6 Å². The van der Waals surface area contributed by atoms with Crippen LogP contribution in [0.15, 0.2) is 22.7 Å². The molecule has 21 heavy (non-hydrogen) atoms. The Morgan fingerprint density at radius 3 is 2.67 bits per heavy atom. The molecule has 0 bridgehead atoms. The van der Waals surface area contributed by atoms with Gasteiger partial charge in [-0.05, 0) is 51.9 Å². The highest BCUT2D eigenvalue weighted by atomic mass is 79.9. The van der Waals surface area contributed by atoms with E-state index in [-0.39, 0.29) is 24.6 Å². The number of hydrogen-bond acceptors (Lipinski definition) is 3. The number of carbonyl (C=O) groups is 1. The third kappa shape index (κ3) is 6.48. The van der Waals surface area contributed by atoms with E-state index in [2.05, 4.69) is 40.4 Å². The summed E-state index contributed by atoms with van der Waals surface area (Å²) in [5.41, 5.74) is 1.05. The summed E-state index contributed by atoms with van der Waals surface area (Å²) in [6.45, 7) is 9.07. The second-order valence-electron chi connectivity index (χ2n) is 5.37. The van der Waals surface area contributed by atoms with E-state index in [4.69, 9.17) is 4.74 Å². The summed E-state index contributed by atoms with van der Waals surface area (Å²) in [5.74, 6) is 0.640. The van der Waals surface area contributed by atoms with Crippen molar-refractivity contribution in [2.75, 3.05) is 13.2 Å². The van der Waals surface area contributed by atoms with E-state index in [1.54, 1.807) is 0 Å². The lowest BCUT2D eigenvalue weighted by Gasteiger charge is -2.19. The molecule has 0 saturated heterocycles. The van der Waals surface area contributed by atoms with Crippen molar-refractivity contribution in [2.45, 2.75) is 46.2 Å². The number of nitrogens with one attached hydrogen (secondary N) is 2. The molecule has 1 unspecified atom stereocenters. The lowest BCUT2D eigenvalue weighted by Crippen LogP contribution is -2.34. The zero-order chi connectivity index (χ0) is 15.8. The van der Waals surface area contributed by atoms with Crippen LogP contribution < -0.4 is 15.4 Å². The summed E-state index contributed by atoms with van der Waals surface area (Å²) in [4.78, 5) is 11.7. The summed E-state index contributed by atoms with van der Waals surface area (Å²) in [5, 5.41) is 6.25. The summed E-state index contributed by atoms with van der Waals surface area (Å²) < 4.78 is 6.68. The van der Waals surface area contributed by atoms with Crippen molar-refractivity contribution in [2.24, 2.45) is 0 Å². The fourth-order valence-corrected chi connectivity index (χ4v) is 2.35. The maximum atomic E-state index is 11.7. The molecule has 0 heterocycles. The molecule has 4 nitrogen and oxygen atoms in total. The Morgan fingerprint density at radius 2 is 2.05 bits per heavy atom. The average Bonchev–Trinajstić information content (AvgIpc) is 2.42. The van der Waals surface area contributed by atoms with E-state index in [9.17, 15) is 4.79 Å². The lowest BCUT2D eigenvalue weighted by atomic mass is 10.1. The van der Waals surface area contributed by atoms with E-state index in [0.717, 1.165) is 28.8 Å². The fourth-order valence-electron chi connectivity index (χ4n) is 1.97. The van der Waals surface area contributed by atoms with Crippen LogP contribution in [0.5, 0.6) is 5.75 Å². The summed E-state index contributed by atoms with van der Waals surface area (Å²) in [6, 6.07) is 6.14. The fraction of sp³-hybridized carbons (Fsp3) is 0.562. The van der Waals surface area contributed by atoms with Crippen LogP contribution >= 0.6 is 15.9 Å². The molecular formula is C16H25BrN2O2. The quantitative estimate of drug-likeness (QED) is 0.750.